The fourth-order valence-electron chi connectivity index (χ4n) is 3.33. The smallest absolute Gasteiger partial charge is 0.303 e. The molecule has 1 aromatic carbocycles. The summed E-state index contributed by atoms with van der Waals surface area (Å²) >= 11 is 6.43. The number of benzene rings is 1. The molecule has 1 saturated carbocycles. The Hall–Kier alpha value is -1.52. The number of hydrogen-bond acceptors (Lipinski definition) is 3. The number of carboxylic acids is 1. The Morgan fingerprint density at radius 2 is 2.16 bits per heavy atom. The number of carboxylic acid groups (broad SMARTS) is 1. The minimum atomic E-state index is -0.763. The number of unbranched alkanes of at least 4 members (excludes halogenated alkanes) is 1. The fourth-order valence-corrected chi connectivity index (χ4v) is 3.80. The van der Waals surface area contributed by atoms with Crippen LogP contribution in [0.25, 0.3) is 0 Å². The van der Waals surface area contributed by atoms with Gasteiger partial charge in [-0.15, -0.1) is 11.6 Å². The summed E-state index contributed by atoms with van der Waals surface area (Å²) in [5.74, 6) is 0.221. The van der Waals surface area contributed by atoms with Crippen molar-refractivity contribution in [3.05, 3.63) is 42.0 Å². The van der Waals surface area contributed by atoms with Gasteiger partial charge in [-0.1, -0.05) is 24.3 Å². The second-order valence-electron chi connectivity index (χ2n) is 6.77. The van der Waals surface area contributed by atoms with E-state index in [9.17, 15) is 9.90 Å². The zero-order valence-corrected chi connectivity index (χ0v) is 15.4. The molecule has 2 rings (SSSR count). The molecule has 2 N–H and O–H groups in total. The van der Waals surface area contributed by atoms with Crippen LogP contribution in [0.5, 0.6) is 5.75 Å². The number of alkyl halides is 1. The number of aliphatic hydroxyl groups is 1. The second-order valence-corrected chi connectivity index (χ2v) is 7.33. The summed E-state index contributed by atoms with van der Waals surface area (Å²) in [4.78, 5) is 10.5. The Morgan fingerprint density at radius 3 is 2.88 bits per heavy atom. The number of aryl methyl sites for hydroxylation is 1. The first-order chi connectivity index (χ1) is 12.0. The highest BCUT2D eigenvalue weighted by molar-refractivity contribution is 6.21. The quantitative estimate of drug-likeness (QED) is 0.391. The van der Waals surface area contributed by atoms with Gasteiger partial charge < -0.3 is 14.9 Å². The van der Waals surface area contributed by atoms with Crippen molar-refractivity contribution >= 4 is 17.6 Å². The van der Waals surface area contributed by atoms with Gasteiger partial charge in [0, 0.05) is 17.7 Å². The van der Waals surface area contributed by atoms with Crippen LogP contribution in [0, 0.1) is 18.8 Å². The average molecular weight is 367 g/mol. The molecule has 25 heavy (non-hydrogen) atoms. The van der Waals surface area contributed by atoms with E-state index in [1.54, 1.807) is 0 Å². The Labute approximate surface area is 154 Å². The van der Waals surface area contributed by atoms with Crippen LogP contribution in [0.1, 0.15) is 37.7 Å². The van der Waals surface area contributed by atoms with Gasteiger partial charge in [-0.3, -0.25) is 4.79 Å². The summed E-state index contributed by atoms with van der Waals surface area (Å²) in [6, 6.07) is 7.88. The number of halogens is 1. The Morgan fingerprint density at radius 1 is 1.36 bits per heavy atom. The van der Waals surface area contributed by atoms with Crippen LogP contribution >= 0.6 is 11.6 Å². The van der Waals surface area contributed by atoms with E-state index in [1.807, 2.05) is 37.3 Å². The lowest BCUT2D eigenvalue weighted by Crippen LogP contribution is -2.27. The predicted molar refractivity (Wildman–Crippen MR) is 99.2 cm³/mol. The minimum absolute atomic E-state index is 0.00619. The lowest BCUT2D eigenvalue weighted by molar-refractivity contribution is -0.137. The van der Waals surface area contributed by atoms with Gasteiger partial charge in [0.2, 0.25) is 0 Å². The first-order valence-electron chi connectivity index (χ1n) is 8.85. The van der Waals surface area contributed by atoms with Crippen molar-refractivity contribution in [3.63, 3.8) is 0 Å². The van der Waals surface area contributed by atoms with Crippen LogP contribution in [0.15, 0.2) is 36.4 Å². The molecular formula is C20H27ClO4. The van der Waals surface area contributed by atoms with Gasteiger partial charge in [-0.2, -0.15) is 0 Å². The minimum Gasteiger partial charge on any atom is -0.493 e. The van der Waals surface area contributed by atoms with E-state index >= 15 is 0 Å². The highest BCUT2D eigenvalue weighted by Gasteiger charge is 2.41. The van der Waals surface area contributed by atoms with Crippen molar-refractivity contribution in [2.24, 2.45) is 11.8 Å². The highest BCUT2D eigenvalue weighted by Crippen LogP contribution is 2.39. The second kappa shape index (κ2) is 9.83. The van der Waals surface area contributed by atoms with Gasteiger partial charge in [-0.05, 0) is 56.2 Å². The molecular weight excluding hydrogens is 340 g/mol. The lowest BCUT2D eigenvalue weighted by Gasteiger charge is -2.22. The van der Waals surface area contributed by atoms with E-state index in [2.05, 4.69) is 6.08 Å². The summed E-state index contributed by atoms with van der Waals surface area (Å²) in [6.07, 6.45) is 6.56. The molecule has 0 bridgehead atoms. The molecule has 0 saturated heterocycles. The van der Waals surface area contributed by atoms with Gasteiger partial charge in [0.05, 0.1) is 12.7 Å². The monoisotopic (exact) mass is 366 g/mol. The molecule has 4 atom stereocenters. The Bertz CT molecular complexity index is 587. The van der Waals surface area contributed by atoms with Crippen molar-refractivity contribution in [1.82, 2.24) is 0 Å². The van der Waals surface area contributed by atoms with Crippen LogP contribution in [0.3, 0.4) is 0 Å². The molecule has 0 heterocycles. The summed E-state index contributed by atoms with van der Waals surface area (Å²) < 4.78 is 5.88. The van der Waals surface area contributed by atoms with Crippen LogP contribution in [-0.4, -0.2) is 34.3 Å². The third-order valence-electron chi connectivity index (χ3n) is 4.74. The molecule has 0 unspecified atom stereocenters. The third kappa shape index (κ3) is 6.37. The molecule has 0 radical (unpaired) electrons. The molecule has 1 aliphatic rings. The zero-order valence-electron chi connectivity index (χ0n) is 14.6. The molecule has 1 aromatic rings. The number of rotatable bonds is 9. The van der Waals surface area contributed by atoms with Crippen molar-refractivity contribution < 1.29 is 19.7 Å². The van der Waals surface area contributed by atoms with Crippen LogP contribution in [0.2, 0.25) is 0 Å². The molecule has 4 nitrogen and oxygen atoms in total. The van der Waals surface area contributed by atoms with Crippen molar-refractivity contribution in [2.45, 2.75) is 50.5 Å². The van der Waals surface area contributed by atoms with E-state index in [4.69, 9.17) is 21.4 Å². The summed E-state index contributed by atoms with van der Waals surface area (Å²) in [5.41, 5.74) is 1.14. The summed E-state index contributed by atoms with van der Waals surface area (Å²) in [6.45, 7) is 2.47. The van der Waals surface area contributed by atoms with E-state index in [0.717, 1.165) is 24.2 Å². The van der Waals surface area contributed by atoms with Crippen molar-refractivity contribution in [2.75, 3.05) is 6.61 Å². The van der Waals surface area contributed by atoms with Gasteiger partial charge >= 0.3 is 5.97 Å². The molecule has 0 amide bonds. The van der Waals surface area contributed by atoms with Gasteiger partial charge in [0.15, 0.2) is 0 Å². The number of allylic oxidation sites excluding steroid dienone is 2. The van der Waals surface area contributed by atoms with E-state index in [-0.39, 0.29) is 23.6 Å². The van der Waals surface area contributed by atoms with Gasteiger partial charge in [0.25, 0.3) is 0 Å². The SMILES string of the molecule is Cc1cccc(OC[C@H]2[C@@H](C/C=C\CCCC(=O)O)[C@H](Cl)C[C@H]2O)c1. The Balaban J connectivity index is 1.84. The number of aliphatic hydroxyl groups excluding tert-OH is 1. The third-order valence-corrected chi connectivity index (χ3v) is 5.25. The molecule has 138 valence electrons. The fraction of sp³-hybridized carbons (Fsp3) is 0.550. The highest BCUT2D eigenvalue weighted by atomic mass is 35.5. The van der Waals surface area contributed by atoms with E-state index < -0.39 is 12.1 Å². The molecule has 1 aliphatic carbocycles. The number of ether oxygens (including phenoxy) is 1. The maximum atomic E-state index is 10.5. The zero-order chi connectivity index (χ0) is 18.2. The maximum absolute atomic E-state index is 10.5. The first kappa shape index (κ1) is 19.8. The standard InChI is InChI=1S/C20H27ClO4/c1-14-7-6-8-15(11-14)25-13-17-16(18(21)12-19(17)22)9-4-2-3-5-10-20(23)24/h2,4,6-8,11,16-19,22H,3,5,9-10,12-13H2,1H3,(H,23,24)/b4-2-/t16-,17+,18-,19-/m1/s1. The average Bonchev–Trinajstić information content (AvgIpc) is 2.82. The number of carbonyl (C=O) groups is 1. The summed E-state index contributed by atoms with van der Waals surface area (Å²) in [7, 11) is 0. The van der Waals surface area contributed by atoms with E-state index in [0.29, 0.717) is 19.4 Å². The molecule has 0 spiro atoms. The van der Waals surface area contributed by atoms with Crippen molar-refractivity contribution in [1.29, 1.82) is 0 Å². The van der Waals surface area contributed by atoms with E-state index in [1.165, 1.54) is 0 Å². The van der Waals surface area contributed by atoms with Gasteiger partial charge in [-0.25, -0.2) is 0 Å². The Kier molecular flexibility index (Phi) is 7.79. The van der Waals surface area contributed by atoms with Crippen LogP contribution in [-0.2, 0) is 4.79 Å². The molecule has 5 heteroatoms. The van der Waals surface area contributed by atoms with Crippen LogP contribution < -0.4 is 4.74 Å². The molecule has 1 fully saturated rings. The largest absolute Gasteiger partial charge is 0.493 e. The molecule has 0 aromatic heterocycles. The summed E-state index contributed by atoms with van der Waals surface area (Å²) in [5, 5.41) is 18.9. The topological polar surface area (TPSA) is 66.8 Å². The maximum Gasteiger partial charge on any atom is 0.303 e. The normalized spacial score (nSPS) is 26.2. The number of aliphatic carboxylic acids is 1. The first-order valence-corrected chi connectivity index (χ1v) is 9.29. The lowest BCUT2D eigenvalue weighted by atomic mass is 9.92. The van der Waals surface area contributed by atoms with Gasteiger partial charge in [0.1, 0.15) is 5.75 Å². The molecule has 0 aliphatic heterocycles. The predicted octanol–water partition coefficient (Wildman–Crippen LogP) is 4.18. The number of hydrogen-bond donors (Lipinski definition) is 2. The van der Waals surface area contributed by atoms with Crippen LogP contribution in [0.4, 0.5) is 0 Å². The van der Waals surface area contributed by atoms with Crippen molar-refractivity contribution in [3.8, 4) is 5.75 Å².